The van der Waals surface area contributed by atoms with Gasteiger partial charge in [-0.15, -0.1) is 11.3 Å². The molecule has 0 radical (unpaired) electrons. The molecule has 0 saturated heterocycles. The van der Waals surface area contributed by atoms with Crippen LogP contribution in [0.5, 0.6) is 5.75 Å². The van der Waals surface area contributed by atoms with Gasteiger partial charge in [-0.1, -0.05) is 23.9 Å². The van der Waals surface area contributed by atoms with Crippen LogP contribution in [0.15, 0.2) is 38.2 Å². The van der Waals surface area contributed by atoms with E-state index in [2.05, 4.69) is 10.3 Å². The quantitative estimate of drug-likeness (QED) is 0.612. The highest BCUT2D eigenvalue weighted by atomic mass is 32.2. The number of methoxy groups -OCH3 is 1. The van der Waals surface area contributed by atoms with Crippen molar-refractivity contribution in [3.63, 3.8) is 0 Å². The van der Waals surface area contributed by atoms with Crippen LogP contribution < -0.4 is 21.3 Å². The summed E-state index contributed by atoms with van der Waals surface area (Å²) in [4.78, 5) is 43.1. The SMILES string of the molecule is COc1ccccc1-n1c(=O)c2sc(SC)nc2n(CC(=O)NC(C)C)c1=O. The van der Waals surface area contributed by atoms with Crippen molar-refractivity contribution in [3.8, 4) is 11.4 Å². The van der Waals surface area contributed by atoms with E-state index in [0.29, 0.717) is 20.5 Å². The van der Waals surface area contributed by atoms with Gasteiger partial charge >= 0.3 is 5.69 Å². The van der Waals surface area contributed by atoms with Crippen molar-refractivity contribution in [2.45, 2.75) is 30.8 Å². The molecule has 0 aliphatic carbocycles. The zero-order valence-corrected chi connectivity index (χ0v) is 17.5. The van der Waals surface area contributed by atoms with Crippen LogP contribution in [0.25, 0.3) is 16.0 Å². The number of thioether (sulfide) groups is 1. The van der Waals surface area contributed by atoms with Gasteiger partial charge in [0.25, 0.3) is 5.56 Å². The first-order valence-corrected chi connectivity index (χ1v) is 10.5. The second-order valence-electron chi connectivity index (χ2n) is 6.24. The zero-order chi connectivity index (χ0) is 20.4. The highest BCUT2D eigenvalue weighted by Gasteiger charge is 2.22. The first-order valence-electron chi connectivity index (χ1n) is 8.50. The fourth-order valence-electron chi connectivity index (χ4n) is 2.78. The molecule has 0 unspecified atom stereocenters. The van der Waals surface area contributed by atoms with Gasteiger partial charge in [0.05, 0.1) is 12.8 Å². The number of hydrogen-bond donors (Lipinski definition) is 1. The van der Waals surface area contributed by atoms with Crippen LogP contribution in [0.1, 0.15) is 13.8 Å². The molecule has 8 nitrogen and oxygen atoms in total. The second-order valence-corrected chi connectivity index (χ2v) is 8.29. The summed E-state index contributed by atoms with van der Waals surface area (Å²) in [6, 6.07) is 6.68. The summed E-state index contributed by atoms with van der Waals surface area (Å²) in [5, 5.41) is 2.76. The molecule has 2 aromatic heterocycles. The van der Waals surface area contributed by atoms with Gasteiger partial charge in [-0.3, -0.25) is 14.2 Å². The van der Waals surface area contributed by atoms with Crippen molar-refractivity contribution in [1.82, 2.24) is 19.4 Å². The van der Waals surface area contributed by atoms with Gasteiger partial charge in [0.15, 0.2) is 9.99 Å². The molecule has 0 saturated carbocycles. The second kappa shape index (κ2) is 8.19. The number of carbonyl (C=O) groups is 1. The number of para-hydroxylation sites is 2. The molecule has 1 amide bonds. The minimum absolute atomic E-state index is 0.0731. The van der Waals surface area contributed by atoms with Gasteiger partial charge in [-0.2, -0.15) is 0 Å². The van der Waals surface area contributed by atoms with Crippen molar-refractivity contribution in [2.75, 3.05) is 13.4 Å². The van der Waals surface area contributed by atoms with E-state index in [4.69, 9.17) is 4.74 Å². The lowest BCUT2D eigenvalue weighted by atomic mass is 10.3. The van der Waals surface area contributed by atoms with Crippen molar-refractivity contribution >= 4 is 39.4 Å². The van der Waals surface area contributed by atoms with Gasteiger partial charge < -0.3 is 10.1 Å². The summed E-state index contributed by atoms with van der Waals surface area (Å²) in [6.07, 6.45) is 1.84. The monoisotopic (exact) mass is 420 g/mol. The Balaban J connectivity index is 2.32. The zero-order valence-electron chi connectivity index (χ0n) is 15.9. The van der Waals surface area contributed by atoms with Gasteiger partial charge in [0, 0.05) is 6.04 Å². The number of fused-ring (bicyclic) bond motifs is 1. The molecule has 0 aliphatic rings. The van der Waals surface area contributed by atoms with Crippen LogP contribution in [0.3, 0.4) is 0 Å². The summed E-state index contributed by atoms with van der Waals surface area (Å²) in [6.45, 7) is 3.43. The number of nitrogens with zero attached hydrogens (tertiary/aromatic N) is 3. The average Bonchev–Trinajstić information content (AvgIpc) is 3.10. The van der Waals surface area contributed by atoms with E-state index in [1.54, 1.807) is 24.3 Å². The lowest BCUT2D eigenvalue weighted by Gasteiger charge is -2.14. The molecule has 0 atom stereocenters. The fourth-order valence-corrected chi connectivity index (χ4v) is 4.28. The largest absolute Gasteiger partial charge is 0.495 e. The van der Waals surface area contributed by atoms with E-state index >= 15 is 0 Å². The van der Waals surface area contributed by atoms with E-state index in [-0.39, 0.29) is 24.1 Å². The standard InChI is InChI=1S/C18H20N4O4S2/c1-10(2)19-13(23)9-21-15-14(28-17(20-15)27-4)16(24)22(18(21)25)11-7-5-6-8-12(11)26-3/h5-8,10H,9H2,1-4H3,(H,19,23). The molecule has 0 aliphatic heterocycles. The molecular formula is C18H20N4O4S2. The van der Waals surface area contributed by atoms with Crippen molar-refractivity contribution < 1.29 is 9.53 Å². The Morgan fingerprint density at radius 3 is 2.68 bits per heavy atom. The molecule has 1 N–H and O–H groups in total. The number of hydrogen-bond acceptors (Lipinski definition) is 7. The molecule has 2 heterocycles. The third-order valence-electron chi connectivity index (χ3n) is 3.92. The topological polar surface area (TPSA) is 95.2 Å². The molecule has 3 rings (SSSR count). The summed E-state index contributed by atoms with van der Waals surface area (Å²) in [5.41, 5.74) is -0.588. The summed E-state index contributed by atoms with van der Waals surface area (Å²) in [7, 11) is 1.47. The van der Waals surface area contributed by atoms with Gasteiger partial charge in [0.1, 0.15) is 17.0 Å². The highest BCUT2D eigenvalue weighted by Crippen LogP contribution is 2.26. The molecule has 148 valence electrons. The average molecular weight is 421 g/mol. The number of thiazole rings is 1. The summed E-state index contributed by atoms with van der Waals surface area (Å²) in [5.74, 6) is 0.0520. The summed E-state index contributed by atoms with van der Waals surface area (Å²) >= 11 is 2.57. The van der Waals surface area contributed by atoms with Crippen LogP contribution in [-0.2, 0) is 11.3 Å². The van der Waals surface area contributed by atoms with Crippen LogP contribution >= 0.6 is 23.1 Å². The van der Waals surface area contributed by atoms with E-state index in [1.807, 2.05) is 20.1 Å². The number of amides is 1. The molecule has 10 heteroatoms. The van der Waals surface area contributed by atoms with Crippen LogP contribution in [-0.4, -0.2) is 39.4 Å². The molecule has 28 heavy (non-hydrogen) atoms. The Labute approximate surface area is 169 Å². The Morgan fingerprint density at radius 2 is 2.04 bits per heavy atom. The van der Waals surface area contributed by atoms with Crippen molar-refractivity contribution in [2.24, 2.45) is 0 Å². The van der Waals surface area contributed by atoms with E-state index in [9.17, 15) is 14.4 Å². The third kappa shape index (κ3) is 3.69. The maximum atomic E-state index is 13.2. The number of rotatable bonds is 6. The normalized spacial score (nSPS) is 11.2. The van der Waals surface area contributed by atoms with Crippen LogP contribution in [0.2, 0.25) is 0 Å². The lowest BCUT2D eigenvalue weighted by Crippen LogP contribution is -2.42. The Bertz CT molecular complexity index is 1150. The molecule has 0 bridgehead atoms. The smallest absolute Gasteiger partial charge is 0.337 e. The number of nitrogens with one attached hydrogen (secondary N) is 1. The van der Waals surface area contributed by atoms with Gasteiger partial charge in [0.2, 0.25) is 5.91 Å². The van der Waals surface area contributed by atoms with Crippen molar-refractivity contribution in [1.29, 1.82) is 0 Å². The lowest BCUT2D eigenvalue weighted by molar-refractivity contribution is -0.122. The van der Waals surface area contributed by atoms with Crippen LogP contribution in [0.4, 0.5) is 0 Å². The minimum Gasteiger partial charge on any atom is -0.495 e. The van der Waals surface area contributed by atoms with E-state index in [1.165, 1.54) is 34.8 Å². The summed E-state index contributed by atoms with van der Waals surface area (Å²) < 4.78 is 8.54. The maximum absolute atomic E-state index is 13.2. The molecular weight excluding hydrogens is 400 g/mol. The number of benzene rings is 1. The first-order chi connectivity index (χ1) is 13.4. The molecule has 3 aromatic rings. The van der Waals surface area contributed by atoms with E-state index < -0.39 is 11.2 Å². The molecule has 1 aromatic carbocycles. The third-order valence-corrected chi connectivity index (χ3v) is 5.93. The van der Waals surface area contributed by atoms with E-state index in [0.717, 1.165) is 4.57 Å². The molecule has 0 spiro atoms. The fraction of sp³-hybridized carbons (Fsp3) is 0.333. The number of aromatic nitrogens is 3. The Morgan fingerprint density at radius 1 is 1.32 bits per heavy atom. The first kappa shape index (κ1) is 20.2. The number of ether oxygens (including phenoxy) is 1. The predicted molar refractivity (Wildman–Crippen MR) is 111 cm³/mol. The van der Waals surface area contributed by atoms with Crippen molar-refractivity contribution in [3.05, 3.63) is 45.1 Å². The Hall–Kier alpha value is -2.59. The van der Waals surface area contributed by atoms with Gasteiger partial charge in [-0.25, -0.2) is 14.3 Å². The molecule has 0 fully saturated rings. The predicted octanol–water partition coefficient (Wildman–Crippen LogP) is 1.86. The highest BCUT2D eigenvalue weighted by molar-refractivity contribution is 8.00. The van der Waals surface area contributed by atoms with Crippen LogP contribution in [0, 0.1) is 0 Å². The Kier molecular flexibility index (Phi) is 5.90. The maximum Gasteiger partial charge on any atom is 0.337 e. The minimum atomic E-state index is -0.640. The van der Waals surface area contributed by atoms with Gasteiger partial charge in [-0.05, 0) is 32.2 Å². The number of carbonyl (C=O) groups excluding carboxylic acids is 1.